The molecule has 1 unspecified atom stereocenters. The normalized spacial score (nSPS) is 17.5. The van der Waals surface area contributed by atoms with Crippen LogP contribution in [0, 0.1) is 0 Å². The van der Waals surface area contributed by atoms with Gasteiger partial charge in [0.25, 0.3) is 0 Å². The summed E-state index contributed by atoms with van der Waals surface area (Å²) in [5, 5.41) is 3.11. The summed E-state index contributed by atoms with van der Waals surface area (Å²) >= 11 is 0. The third-order valence-electron chi connectivity index (χ3n) is 4.14. The van der Waals surface area contributed by atoms with Crippen LogP contribution in [-0.2, 0) is 9.53 Å². The van der Waals surface area contributed by atoms with Crippen LogP contribution in [0.3, 0.4) is 0 Å². The number of amides is 1. The summed E-state index contributed by atoms with van der Waals surface area (Å²) in [4.78, 5) is 20.6. The fourth-order valence-electron chi connectivity index (χ4n) is 2.67. The molecule has 22 heavy (non-hydrogen) atoms. The van der Waals surface area contributed by atoms with Gasteiger partial charge >= 0.3 is 0 Å². The van der Waals surface area contributed by atoms with E-state index in [1.54, 1.807) is 13.3 Å². The summed E-state index contributed by atoms with van der Waals surface area (Å²) in [5.41, 5.74) is 1.23. The maximum atomic E-state index is 12.1. The first-order valence-electron chi connectivity index (χ1n) is 7.83. The molecule has 1 aromatic rings. The Morgan fingerprint density at radius 3 is 2.82 bits per heavy atom. The number of pyridine rings is 1. The lowest BCUT2D eigenvalue weighted by Crippen LogP contribution is -2.51. The van der Waals surface area contributed by atoms with Crippen molar-refractivity contribution in [3.8, 4) is 0 Å². The van der Waals surface area contributed by atoms with Gasteiger partial charge in [0.05, 0.1) is 13.2 Å². The molecule has 1 saturated heterocycles. The molecule has 1 aliphatic rings. The third kappa shape index (κ3) is 4.76. The Bertz CT molecular complexity index is 447. The van der Waals surface area contributed by atoms with Crippen molar-refractivity contribution in [1.29, 1.82) is 0 Å². The molecule has 6 nitrogen and oxygen atoms in total. The highest BCUT2D eigenvalue weighted by Gasteiger charge is 2.24. The third-order valence-corrected chi connectivity index (χ3v) is 4.14. The zero-order valence-electron chi connectivity index (χ0n) is 13.5. The molecule has 0 spiro atoms. The summed E-state index contributed by atoms with van der Waals surface area (Å²) in [6.07, 6.45) is 3.71. The molecule has 1 amide bonds. The van der Waals surface area contributed by atoms with Crippen LogP contribution in [0.1, 0.15) is 18.5 Å². The molecule has 0 bridgehead atoms. The Balaban J connectivity index is 1.74. The first-order valence-corrected chi connectivity index (χ1v) is 7.83. The Hall–Kier alpha value is -1.50. The van der Waals surface area contributed by atoms with Gasteiger partial charge in [0.2, 0.25) is 5.91 Å². The number of nitrogens with one attached hydrogen (secondary N) is 1. The van der Waals surface area contributed by atoms with Crippen molar-refractivity contribution in [1.82, 2.24) is 20.1 Å². The van der Waals surface area contributed by atoms with E-state index in [1.807, 2.05) is 17.2 Å². The molecule has 122 valence electrons. The maximum absolute atomic E-state index is 12.1. The lowest BCUT2D eigenvalue weighted by Gasteiger charge is -2.38. The van der Waals surface area contributed by atoms with Crippen molar-refractivity contribution in [2.45, 2.75) is 13.0 Å². The minimum atomic E-state index is 0.171. The fraction of sp³-hybridized carbons (Fsp3) is 0.625. The van der Waals surface area contributed by atoms with Crippen LogP contribution in [0.2, 0.25) is 0 Å². The summed E-state index contributed by atoms with van der Waals surface area (Å²) in [6, 6.07) is 4.41. The summed E-state index contributed by atoms with van der Waals surface area (Å²) < 4.78 is 4.95. The lowest BCUT2D eigenvalue weighted by molar-refractivity contribution is -0.132. The van der Waals surface area contributed by atoms with Crippen LogP contribution in [0.5, 0.6) is 0 Å². The van der Waals surface area contributed by atoms with Crippen molar-refractivity contribution in [2.75, 3.05) is 53.0 Å². The molecule has 1 atom stereocenters. The molecule has 1 fully saturated rings. The van der Waals surface area contributed by atoms with Gasteiger partial charge in [0.15, 0.2) is 0 Å². The predicted molar refractivity (Wildman–Crippen MR) is 85.6 cm³/mol. The molecule has 2 heterocycles. The standard InChI is InChI=1S/C16H26N4O2/c1-14(15-4-3-5-17-12-15)19-7-9-20(10-8-19)16(21)13-18-6-11-22-2/h3-5,12,14,18H,6-11,13H2,1-2H3. The first kappa shape index (κ1) is 16.9. The molecule has 0 aliphatic carbocycles. The average molecular weight is 306 g/mol. The average Bonchev–Trinajstić information content (AvgIpc) is 2.59. The number of nitrogens with zero attached hydrogens (tertiary/aromatic N) is 3. The predicted octanol–water partition coefficient (Wildman–Crippen LogP) is 0.523. The number of methoxy groups -OCH3 is 1. The van der Waals surface area contributed by atoms with Crippen molar-refractivity contribution >= 4 is 5.91 Å². The van der Waals surface area contributed by atoms with Gasteiger partial charge in [0.1, 0.15) is 0 Å². The second-order valence-corrected chi connectivity index (χ2v) is 5.55. The molecule has 1 N–H and O–H groups in total. The van der Waals surface area contributed by atoms with Crippen LogP contribution in [0.15, 0.2) is 24.5 Å². The first-order chi connectivity index (χ1) is 10.7. The molecule has 1 aromatic heterocycles. The SMILES string of the molecule is COCCNCC(=O)N1CCN(C(C)c2cccnc2)CC1. The van der Waals surface area contributed by atoms with E-state index in [4.69, 9.17) is 4.74 Å². The van der Waals surface area contributed by atoms with Gasteiger partial charge in [-0.3, -0.25) is 14.7 Å². The molecule has 0 saturated carbocycles. The van der Waals surface area contributed by atoms with E-state index in [-0.39, 0.29) is 5.91 Å². The van der Waals surface area contributed by atoms with Crippen LogP contribution in [-0.4, -0.2) is 73.7 Å². The number of hydrogen-bond acceptors (Lipinski definition) is 5. The molecular weight excluding hydrogens is 280 g/mol. The van der Waals surface area contributed by atoms with E-state index < -0.39 is 0 Å². The number of rotatable bonds is 7. The van der Waals surface area contributed by atoms with E-state index in [0.29, 0.717) is 25.7 Å². The Labute approximate surface area is 132 Å². The van der Waals surface area contributed by atoms with Crippen molar-refractivity contribution in [3.05, 3.63) is 30.1 Å². The van der Waals surface area contributed by atoms with E-state index in [1.165, 1.54) is 5.56 Å². The quantitative estimate of drug-likeness (QED) is 0.745. The van der Waals surface area contributed by atoms with E-state index in [2.05, 4.69) is 28.2 Å². The van der Waals surface area contributed by atoms with Gasteiger partial charge in [-0.1, -0.05) is 6.07 Å². The highest BCUT2D eigenvalue weighted by molar-refractivity contribution is 5.78. The summed E-state index contributed by atoms with van der Waals surface area (Å²) in [6.45, 7) is 7.30. The summed E-state index contributed by atoms with van der Waals surface area (Å²) in [5.74, 6) is 0.171. The zero-order valence-corrected chi connectivity index (χ0v) is 13.5. The Morgan fingerprint density at radius 2 is 2.18 bits per heavy atom. The van der Waals surface area contributed by atoms with Gasteiger partial charge in [-0.15, -0.1) is 0 Å². The number of ether oxygens (including phenoxy) is 1. The van der Waals surface area contributed by atoms with Crippen LogP contribution < -0.4 is 5.32 Å². The van der Waals surface area contributed by atoms with Gasteiger partial charge in [-0.25, -0.2) is 0 Å². The molecule has 0 aromatic carbocycles. The van der Waals surface area contributed by atoms with Gasteiger partial charge in [-0.2, -0.15) is 0 Å². The van der Waals surface area contributed by atoms with E-state index >= 15 is 0 Å². The number of piperazine rings is 1. The van der Waals surface area contributed by atoms with Crippen molar-refractivity contribution < 1.29 is 9.53 Å². The number of carbonyl (C=O) groups excluding carboxylic acids is 1. The zero-order chi connectivity index (χ0) is 15.8. The lowest BCUT2D eigenvalue weighted by atomic mass is 10.1. The largest absolute Gasteiger partial charge is 0.383 e. The van der Waals surface area contributed by atoms with Crippen molar-refractivity contribution in [2.24, 2.45) is 0 Å². The minimum absolute atomic E-state index is 0.171. The molecule has 0 radical (unpaired) electrons. The van der Waals surface area contributed by atoms with E-state index in [0.717, 1.165) is 26.2 Å². The second kappa shape index (κ2) is 8.82. The molecule has 6 heteroatoms. The number of aromatic nitrogens is 1. The minimum Gasteiger partial charge on any atom is -0.383 e. The fourth-order valence-corrected chi connectivity index (χ4v) is 2.67. The molecule has 1 aliphatic heterocycles. The smallest absolute Gasteiger partial charge is 0.236 e. The second-order valence-electron chi connectivity index (χ2n) is 5.55. The Morgan fingerprint density at radius 1 is 1.41 bits per heavy atom. The topological polar surface area (TPSA) is 57.7 Å². The van der Waals surface area contributed by atoms with Gasteiger partial charge in [-0.05, 0) is 18.6 Å². The summed E-state index contributed by atoms with van der Waals surface area (Å²) in [7, 11) is 1.66. The monoisotopic (exact) mass is 306 g/mol. The Kier molecular flexibility index (Phi) is 6.76. The highest BCUT2D eigenvalue weighted by Crippen LogP contribution is 2.20. The highest BCUT2D eigenvalue weighted by atomic mass is 16.5. The molecule has 2 rings (SSSR count). The van der Waals surface area contributed by atoms with Crippen LogP contribution in [0.25, 0.3) is 0 Å². The van der Waals surface area contributed by atoms with E-state index in [9.17, 15) is 4.79 Å². The maximum Gasteiger partial charge on any atom is 0.236 e. The number of carbonyl (C=O) groups is 1. The van der Waals surface area contributed by atoms with Crippen LogP contribution in [0.4, 0.5) is 0 Å². The van der Waals surface area contributed by atoms with Crippen molar-refractivity contribution in [3.63, 3.8) is 0 Å². The van der Waals surface area contributed by atoms with Crippen LogP contribution >= 0.6 is 0 Å². The number of hydrogen-bond donors (Lipinski definition) is 1. The van der Waals surface area contributed by atoms with Gasteiger partial charge < -0.3 is 15.0 Å². The van der Waals surface area contributed by atoms with Gasteiger partial charge in [0, 0.05) is 58.3 Å². The molecular formula is C16H26N4O2.